The molecule has 29 heavy (non-hydrogen) atoms. The van der Waals surface area contributed by atoms with Gasteiger partial charge in [-0.2, -0.15) is 5.10 Å². The normalized spacial score (nSPS) is 11.4. The molecule has 7 nitrogen and oxygen atoms in total. The molecule has 0 atom stereocenters. The van der Waals surface area contributed by atoms with Gasteiger partial charge in [-0.05, 0) is 43.9 Å². The number of para-hydroxylation sites is 2. The highest BCUT2D eigenvalue weighted by Gasteiger charge is 2.13. The Labute approximate surface area is 169 Å². The summed E-state index contributed by atoms with van der Waals surface area (Å²) >= 11 is 0. The number of aromatic hydroxyl groups is 1. The molecule has 0 unspecified atom stereocenters. The number of rotatable bonds is 8. The van der Waals surface area contributed by atoms with E-state index in [2.05, 4.69) is 52.0 Å². The van der Waals surface area contributed by atoms with Crippen LogP contribution in [0.5, 0.6) is 11.5 Å². The molecule has 2 aromatic carbocycles. The molecular formula is C22H25N5O2. The number of phenolic OH excluding ortho intramolecular Hbond substituents is 1. The Bertz CT molecular complexity index is 1090. The maximum absolute atomic E-state index is 9.88. The number of benzene rings is 2. The van der Waals surface area contributed by atoms with E-state index in [4.69, 9.17) is 9.72 Å². The molecule has 0 aliphatic heterocycles. The van der Waals surface area contributed by atoms with Gasteiger partial charge in [0.15, 0.2) is 11.5 Å². The Balaban J connectivity index is 1.61. The zero-order chi connectivity index (χ0) is 20.2. The van der Waals surface area contributed by atoms with Crippen molar-refractivity contribution in [3.05, 3.63) is 60.7 Å². The third-order valence-corrected chi connectivity index (χ3v) is 4.88. The third kappa shape index (κ3) is 4.25. The first-order valence-electron chi connectivity index (χ1n) is 9.65. The fraction of sp³-hybridized carbons (Fsp3) is 0.273. The van der Waals surface area contributed by atoms with Gasteiger partial charge in [-0.1, -0.05) is 18.2 Å². The molecule has 0 saturated carbocycles. The molecule has 4 aromatic rings. The van der Waals surface area contributed by atoms with Gasteiger partial charge in [-0.25, -0.2) is 4.98 Å². The van der Waals surface area contributed by atoms with Crippen molar-refractivity contribution in [1.29, 1.82) is 0 Å². The van der Waals surface area contributed by atoms with Crippen LogP contribution in [0.4, 0.5) is 0 Å². The summed E-state index contributed by atoms with van der Waals surface area (Å²) in [5.74, 6) is 1.62. The van der Waals surface area contributed by atoms with Crippen LogP contribution in [-0.2, 0) is 13.0 Å². The average molecular weight is 391 g/mol. The lowest BCUT2D eigenvalue weighted by atomic mass is 10.1. The van der Waals surface area contributed by atoms with E-state index >= 15 is 0 Å². The first-order chi connectivity index (χ1) is 14.1. The van der Waals surface area contributed by atoms with E-state index < -0.39 is 0 Å². The van der Waals surface area contributed by atoms with E-state index in [0.29, 0.717) is 18.8 Å². The minimum absolute atomic E-state index is 0.151. The predicted molar refractivity (Wildman–Crippen MR) is 113 cm³/mol. The average Bonchev–Trinajstić information content (AvgIpc) is 3.35. The Morgan fingerprint density at radius 2 is 2.00 bits per heavy atom. The number of likely N-dealkylation sites (N-methyl/N-ethyl adjacent to an activating group) is 1. The highest BCUT2D eigenvalue weighted by atomic mass is 16.5. The van der Waals surface area contributed by atoms with Crippen LogP contribution < -0.4 is 4.74 Å². The lowest BCUT2D eigenvalue weighted by Crippen LogP contribution is -2.20. The number of fused-ring (bicyclic) bond motifs is 1. The van der Waals surface area contributed by atoms with Crippen LogP contribution in [0.1, 0.15) is 5.82 Å². The maximum atomic E-state index is 9.88. The maximum Gasteiger partial charge on any atom is 0.160 e. The van der Waals surface area contributed by atoms with Gasteiger partial charge < -0.3 is 19.3 Å². The third-order valence-electron chi connectivity index (χ3n) is 4.88. The lowest BCUT2D eigenvalue weighted by molar-refractivity contribution is 0.298. The summed E-state index contributed by atoms with van der Waals surface area (Å²) in [5.41, 5.74) is 4.22. The fourth-order valence-corrected chi connectivity index (χ4v) is 3.33. The summed E-state index contributed by atoms with van der Waals surface area (Å²) in [7, 11) is 4.13. The van der Waals surface area contributed by atoms with E-state index in [1.54, 1.807) is 18.2 Å². The van der Waals surface area contributed by atoms with E-state index in [1.165, 1.54) is 0 Å². The first kappa shape index (κ1) is 19.0. The summed E-state index contributed by atoms with van der Waals surface area (Å²) in [6.45, 7) is 2.19. The number of H-pyrrole nitrogens is 1. The second-order valence-corrected chi connectivity index (χ2v) is 7.24. The Morgan fingerprint density at radius 1 is 1.14 bits per heavy atom. The number of aromatic nitrogens is 4. The Hall–Kier alpha value is -3.32. The topological polar surface area (TPSA) is 79.2 Å². The molecule has 7 heteroatoms. The molecule has 0 fully saturated rings. The number of aromatic amines is 1. The highest BCUT2D eigenvalue weighted by Crippen LogP contribution is 2.26. The monoisotopic (exact) mass is 391 g/mol. The molecule has 0 amide bonds. The second kappa shape index (κ2) is 8.36. The SMILES string of the molecule is CN(C)CCn1c(CCOc2ccccc2O)nc2ccc(-c3cn[nH]c3)cc21. The molecule has 4 rings (SSSR count). The van der Waals surface area contributed by atoms with Crippen LogP contribution in [0, 0.1) is 0 Å². The molecule has 0 saturated heterocycles. The minimum Gasteiger partial charge on any atom is -0.504 e. The number of phenols is 1. The van der Waals surface area contributed by atoms with Crippen molar-refractivity contribution in [2.24, 2.45) is 0 Å². The second-order valence-electron chi connectivity index (χ2n) is 7.24. The van der Waals surface area contributed by atoms with Crippen LogP contribution in [0.15, 0.2) is 54.9 Å². The van der Waals surface area contributed by atoms with Gasteiger partial charge in [0.05, 0.1) is 23.8 Å². The number of nitrogens with zero attached hydrogens (tertiary/aromatic N) is 4. The molecule has 0 radical (unpaired) electrons. The van der Waals surface area contributed by atoms with Crippen molar-refractivity contribution >= 4 is 11.0 Å². The molecule has 150 valence electrons. The van der Waals surface area contributed by atoms with E-state index in [0.717, 1.165) is 41.1 Å². The highest BCUT2D eigenvalue weighted by molar-refractivity contribution is 5.82. The lowest BCUT2D eigenvalue weighted by Gasteiger charge is -2.14. The van der Waals surface area contributed by atoms with Crippen molar-refractivity contribution < 1.29 is 9.84 Å². The van der Waals surface area contributed by atoms with E-state index in [-0.39, 0.29) is 5.75 Å². The molecule has 0 spiro atoms. The van der Waals surface area contributed by atoms with Crippen LogP contribution in [-0.4, -0.2) is 57.0 Å². The predicted octanol–water partition coefficient (Wildman–Crippen LogP) is 3.32. The van der Waals surface area contributed by atoms with Crippen molar-refractivity contribution in [3.63, 3.8) is 0 Å². The molecule has 0 aliphatic carbocycles. The van der Waals surface area contributed by atoms with Gasteiger partial charge in [0.1, 0.15) is 5.82 Å². The van der Waals surface area contributed by atoms with Crippen molar-refractivity contribution in [1.82, 2.24) is 24.6 Å². The van der Waals surface area contributed by atoms with E-state index in [1.807, 2.05) is 18.5 Å². The van der Waals surface area contributed by atoms with Crippen molar-refractivity contribution in [3.8, 4) is 22.6 Å². The van der Waals surface area contributed by atoms with Crippen molar-refractivity contribution in [2.75, 3.05) is 27.2 Å². The molecule has 2 N–H and O–H groups in total. The summed E-state index contributed by atoms with van der Waals surface area (Å²) in [5, 5.41) is 16.8. The number of nitrogens with one attached hydrogen (secondary N) is 1. The standard InChI is InChI=1S/C22H25N5O2/c1-26(2)10-11-27-19-13-16(17-14-23-24-15-17)7-8-18(19)25-22(27)9-12-29-21-6-4-3-5-20(21)28/h3-8,13-15,28H,9-12H2,1-2H3,(H,23,24). The Kier molecular flexibility index (Phi) is 5.48. The number of hydrogen-bond donors (Lipinski definition) is 2. The summed E-state index contributed by atoms with van der Waals surface area (Å²) in [6.07, 6.45) is 4.36. The zero-order valence-electron chi connectivity index (χ0n) is 16.7. The first-order valence-corrected chi connectivity index (χ1v) is 9.65. The van der Waals surface area contributed by atoms with Crippen LogP contribution in [0.3, 0.4) is 0 Å². The van der Waals surface area contributed by atoms with Gasteiger partial charge in [0, 0.05) is 31.3 Å². The quantitative estimate of drug-likeness (QED) is 0.482. The number of imidazole rings is 1. The molecular weight excluding hydrogens is 366 g/mol. The largest absolute Gasteiger partial charge is 0.504 e. The van der Waals surface area contributed by atoms with Gasteiger partial charge in [-0.15, -0.1) is 0 Å². The Morgan fingerprint density at radius 3 is 2.76 bits per heavy atom. The molecule has 2 aromatic heterocycles. The van der Waals surface area contributed by atoms with Gasteiger partial charge in [0.25, 0.3) is 0 Å². The molecule has 0 bridgehead atoms. The smallest absolute Gasteiger partial charge is 0.160 e. The minimum atomic E-state index is 0.151. The van der Waals surface area contributed by atoms with Gasteiger partial charge >= 0.3 is 0 Å². The van der Waals surface area contributed by atoms with E-state index in [9.17, 15) is 5.11 Å². The number of ether oxygens (including phenoxy) is 1. The fourth-order valence-electron chi connectivity index (χ4n) is 3.33. The molecule has 0 aliphatic rings. The van der Waals surface area contributed by atoms with Gasteiger partial charge in [0.2, 0.25) is 0 Å². The summed E-state index contributed by atoms with van der Waals surface area (Å²) in [6, 6.07) is 13.3. The van der Waals surface area contributed by atoms with Crippen LogP contribution in [0.25, 0.3) is 22.2 Å². The van der Waals surface area contributed by atoms with Gasteiger partial charge in [-0.3, -0.25) is 5.10 Å². The zero-order valence-corrected chi connectivity index (χ0v) is 16.7. The van der Waals surface area contributed by atoms with Crippen molar-refractivity contribution in [2.45, 2.75) is 13.0 Å². The summed E-state index contributed by atoms with van der Waals surface area (Å²) < 4.78 is 8.03. The molecule has 2 heterocycles. The van der Waals surface area contributed by atoms with Crippen LogP contribution in [0.2, 0.25) is 0 Å². The number of hydrogen-bond acceptors (Lipinski definition) is 5. The summed E-state index contributed by atoms with van der Waals surface area (Å²) in [4.78, 5) is 7.01. The van der Waals surface area contributed by atoms with Crippen LogP contribution >= 0.6 is 0 Å².